The molecule has 2 N–H and O–H groups in total. The molecule has 0 saturated heterocycles. The zero-order valence-corrected chi connectivity index (χ0v) is 24.3. The third-order valence-electron chi connectivity index (χ3n) is 8.74. The van der Waals surface area contributed by atoms with E-state index in [9.17, 15) is 29.4 Å². The quantitative estimate of drug-likeness (QED) is 0.231. The van der Waals surface area contributed by atoms with Crippen LogP contribution in [0.2, 0.25) is 0 Å². The lowest BCUT2D eigenvalue weighted by Gasteiger charge is -2.27. The van der Waals surface area contributed by atoms with Gasteiger partial charge < -0.3 is 10.2 Å². The van der Waals surface area contributed by atoms with Crippen molar-refractivity contribution in [3.05, 3.63) is 82.5 Å². The number of carboxylic acids is 2. The summed E-state index contributed by atoms with van der Waals surface area (Å²) in [5, 5.41) is 19.1. The lowest BCUT2D eigenvalue weighted by Crippen LogP contribution is -2.35. The normalized spacial score (nSPS) is 16.8. The topological polar surface area (TPSA) is 117 Å². The van der Waals surface area contributed by atoms with Crippen LogP contribution in [-0.4, -0.2) is 33.7 Å². The van der Waals surface area contributed by atoms with Crippen LogP contribution in [-0.2, 0) is 32.0 Å². The fraction of sp³-hybridized carbons (Fsp3) is 0.471. The zero-order valence-electron chi connectivity index (χ0n) is 24.3. The smallest absolute Gasteiger partial charge is 0.310 e. The van der Waals surface area contributed by atoms with Gasteiger partial charge in [0.2, 0.25) is 0 Å². The van der Waals surface area contributed by atoms with E-state index in [1.165, 1.54) is 0 Å². The molecule has 4 rings (SSSR count). The van der Waals surface area contributed by atoms with E-state index >= 15 is 0 Å². The van der Waals surface area contributed by atoms with E-state index in [4.69, 9.17) is 13.1 Å². The van der Waals surface area contributed by atoms with Crippen molar-refractivity contribution in [3.63, 3.8) is 0 Å². The third kappa shape index (κ3) is 7.91. The van der Waals surface area contributed by atoms with Gasteiger partial charge in [-0.15, -0.1) is 0 Å². The first-order valence-corrected chi connectivity index (χ1v) is 14.5. The van der Waals surface area contributed by atoms with Crippen molar-refractivity contribution in [2.75, 3.05) is 0 Å². The largest absolute Gasteiger partial charge is 0.481 e. The molecule has 0 spiro atoms. The van der Waals surface area contributed by atoms with Gasteiger partial charge in [-0.25, -0.2) is 9.69 Å². The van der Waals surface area contributed by atoms with Crippen LogP contribution in [0.25, 0.3) is 9.69 Å². The van der Waals surface area contributed by atoms with Gasteiger partial charge in [0.25, 0.3) is 0 Å². The summed E-state index contributed by atoms with van der Waals surface area (Å²) < 4.78 is 0. The molecule has 8 heteroatoms. The maximum Gasteiger partial charge on any atom is 0.310 e. The average Bonchev–Trinajstić information content (AvgIpc) is 3.88. The molecule has 0 bridgehead atoms. The first-order valence-electron chi connectivity index (χ1n) is 14.5. The number of nitrogens with zero attached hydrogens (tertiary/aromatic N) is 2. The fourth-order valence-electron chi connectivity index (χ4n) is 5.95. The first-order chi connectivity index (χ1) is 20.0. The summed E-state index contributed by atoms with van der Waals surface area (Å²) in [6, 6.07) is 13.9. The number of hydrogen-bond acceptors (Lipinski definition) is 4. The Balaban J connectivity index is 0.000000230. The van der Waals surface area contributed by atoms with E-state index < -0.39 is 22.8 Å². The van der Waals surface area contributed by atoms with Crippen molar-refractivity contribution in [2.45, 2.75) is 78.1 Å². The second-order valence-corrected chi connectivity index (χ2v) is 11.5. The SMILES string of the molecule is [C-]#[N+]c1cccc(CC(=O)C[C@@](CC)(C(=O)O)C2CC2)c1.[C-]#[N+]c1cccc(CC(=O)C[C@](CC)(C(=O)O)C2CC2)c1. The molecule has 8 nitrogen and oxygen atoms in total. The van der Waals surface area contributed by atoms with Crippen LogP contribution in [0.1, 0.15) is 76.3 Å². The van der Waals surface area contributed by atoms with E-state index in [1.54, 1.807) is 48.5 Å². The second kappa shape index (κ2) is 14.0. The first kappa shape index (κ1) is 32.2. The van der Waals surface area contributed by atoms with Gasteiger partial charge in [-0.1, -0.05) is 73.5 Å². The minimum absolute atomic E-state index is 0.0618. The highest BCUT2D eigenvalue weighted by molar-refractivity contribution is 5.89. The molecule has 2 atom stereocenters. The summed E-state index contributed by atoms with van der Waals surface area (Å²) in [4.78, 5) is 54.5. The number of carbonyl (C=O) groups is 4. The van der Waals surface area contributed by atoms with Gasteiger partial charge in [0.05, 0.1) is 24.0 Å². The lowest BCUT2D eigenvalue weighted by atomic mass is 9.75. The van der Waals surface area contributed by atoms with Crippen LogP contribution in [0.3, 0.4) is 0 Å². The van der Waals surface area contributed by atoms with Crippen molar-refractivity contribution in [2.24, 2.45) is 22.7 Å². The monoisotopic (exact) mass is 570 g/mol. The average molecular weight is 571 g/mol. The van der Waals surface area contributed by atoms with Crippen LogP contribution in [0.15, 0.2) is 48.5 Å². The number of ketones is 2. The van der Waals surface area contributed by atoms with Crippen LogP contribution in [0, 0.1) is 35.8 Å². The molecule has 2 aliphatic rings. The van der Waals surface area contributed by atoms with Gasteiger partial charge in [-0.05, 0) is 50.4 Å². The number of rotatable bonds is 14. The highest BCUT2D eigenvalue weighted by Crippen LogP contribution is 2.51. The minimum atomic E-state index is -0.894. The fourth-order valence-corrected chi connectivity index (χ4v) is 5.95. The predicted octanol–water partition coefficient (Wildman–Crippen LogP) is 7.26. The molecule has 0 unspecified atom stereocenters. The summed E-state index contributed by atoms with van der Waals surface area (Å²) in [6.45, 7) is 17.7. The van der Waals surface area contributed by atoms with Gasteiger partial charge in [-0.2, -0.15) is 0 Å². The number of Topliss-reactive ketones (excluding diaryl/α,β-unsaturated/α-hetero) is 2. The van der Waals surface area contributed by atoms with Crippen LogP contribution < -0.4 is 0 Å². The Labute approximate surface area is 247 Å². The van der Waals surface area contributed by atoms with Crippen molar-refractivity contribution in [3.8, 4) is 0 Å². The van der Waals surface area contributed by atoms with Crippen LogP contribution in [0.4, 0.5) is 11.4 Å². The van der Waals surface area contributed by atoms with E-state index in [1.807, 2.05) is 13.8 Å². The molecule has 0 aliphatic heterocycles. The van der Waals surface area contributed by atoms with Gasteiger partial charge in [0.15, 0.2) is 11.4 Å². The Bertz CT molecular complexity index is 1300. The Kier molecular flexibility index (Phi) is 10.8. The summed E-state index contributed by atoms with van der Waals surface area (Å²) in [5.41, 5.74) is 0.771. The van der Waals surface area contributed by atoms with Crippen molar-refractivity contribution in [1.29, 1.82) is 0 Å². The Morgan fingerprint density at radius 1 is 0.714 bits per heavy atom. The van der Waals surface area contributed by atoms with Gasteiger partial charge >= 0.3 is 11.9 Å². The molecule has 0 heterocycles. The highest BCUT2D eigenvalue weighted by Gasteiger charge is 2.51. The summed E-state index contributed by atoms with van der Waals surface area (Å²) in [5.74, 6) is -1.55. The summed E-state index contributed by atoms with van der Waals surface area (Å²) in [7, 11) is 0. The van der Waals surface area contributed by atoms with E-state index in [0.717, 1.165) is 36.8 Å². The van der Waals surface area contributed by atoms with Crippen LogP contribution in [0.5, 0.6) is 0 Å². The summed E-state index contributed by atoms with van der Waals surface area (Å²) >= 11 is 0. The van der Waals surface area contributed by atoms with Gasteiger partial charge in [0.1, 0.15) is 11.6 Å². The molecule has 2 fully saturated rings. The molecule has 2 aliphatic carbocycles. The molecule has 2 aromatic rings. The van der Waals surface area contributed by atoms with Crippen LogP contribution >= 0.6 is 0 Å². The summed E-state index contributed by atoms with van der Waals surface area (Å²) in [6.07, 6.45) is 5.16. The molecule has 0 radical (unpaired) electrons. The number of hydrogen-bond donors (Lipinski definition) is 2. The Hall–Kier alpha value is -4.30. The maximum absolute atomic E-state index is 12.3. The Morgan fingerprint density at radius 2 is 1.07 bits per heavy atom. The number of carbonyl (C=O) groups excluding carboxylic acids is 2. The highest BCUT2D eigenvalue weighted by atomic mass is 16.4. The molecule has 0 amide bonds. The molecule has 0 aromatic heterocycles. The number of carboxylic acid groups (broad SMARTS) is 2. The molecule has 2 aromatic carbocycles. The maximum atomic E-state index is 12.3. The lowest BCUT2D eigenvalue weighted by molar-refractivity contribution is -0.153. The van der Waals surface area contributed by atoms with Crippen molar-refractivity contribution < 1.29 is 29.4 Å². The predicted molar refractivity (Wildman–Crippen MR) is 158 cm³/mol. The molecule has 2 saturated carbocycles. The standard InChI is InChI=1S/2C17H19NO3/c2*1-3-17(16(20)21,13-7-8-13)11-15(19)10-12-5-4-6-14(9-12)18-2/h2*4-6,9,13H,3,7-8,10-11H2,1H3,(H,20,21)/t2*17-/m10/s1. The van der Waals surface area contributed by atoms with E-state index in [0.29, 0.717) is 24.2 Å². The van der Waals surface area contributed by atoms with Crippen molar-refractivity contribution in [1.82, 2.24) is 0 Å². The molecule has 42 heavy (non-hydrogen) atoms. The molecular weight excluding hydrogens is 532 g/mol. The number of benzene rings is 2. The van der Waals surface area contributed by atoms with E-state index in [-0.39, 0.29) is 49.1 Å². The second-order valence-electron chi connectivity index (χ2n) is 11.5. The van der Waals surface area contributed by atoms with E-state index in [2.05, 4.69) is 9.69 Å². The minimum Gasteiger partial charge on any atom is -0.481 e. The molecular formula is C34H38N2O6. The van der Waals surface area contributed by atoms with Gasteiger partial charge in [0, 0.05) is 25.7 Å². The molecule has 220 valence electrons. The zero-order chi connectivity index (χ0) is 30.9. The number of aliphatic carboxylic acids is 2. The third-order valence-corrected chi connectivity index (χ3v) is 8.74. The van der Waals surface area contributed by atoms with Crippen molar-refractivity contribution >= 4 is 34.9 Å². The Morgan fingerprint density at radius 3 is 1.33 bits per heavy atom. The van der Waals surface area contributed by atoms with Gasteiger partial charge in [-0.3, -0.25) is 19.2 Å².